The highest BCUT2D eigenvalue weighted by atomic mass is 32.1. The lowest BCUT2D eigenvalue weighted by Crippen LogP contribution is -2.32. The third-order valence-electron chi connectivity index (χ3n) is 6.00. The van der Waals surface area contributed by atoms with Crippen LogP contribution in [0.3, 0.4) is 0 Å². The molecule has 4 rings (SSSR count). The van der Waals surface area contributed by atoms with Crippen molar-refractivity contribution >= 4 is 23.0 Å². The van der Waals surface area contributed by atoms with Crippen molar-refractivity contribution in [1.29, 1.82) is 0 Å². The number of thiazole rings is 1. The number of nitrogens with zero attached hydrogens (tertiary/aromatic N) is 4. The van der Waals surface area contributed by atoms with E-state index >= 15 is 0 Å². The molecule has 35 heavy (non-hydrogen) atoms. The van der Waals surface area contributed by atoms with Crippen molar-refractivity contribution in [3.8, 4) is 5.75 Å². The molecule has 1 amide bonds. The molecule has 1 unspecified atom stereocenters. The molecule has 1 aromatic carbocycles. The number of rotatable bonds is 11. The van der Waals surface area contributed by atoms with Crippen LogP contribution in [0.4, 0.5) is 0 Å². The Hall–Kier alpha value is -3.46. The normalized spacial score (nSPS) is 15.8. The first-order valence-electron chi connectivity index (χ1n) is 11.8. The second-order valence-corrected chi connectivity index (χ2v) is 9.77. The van der Waals surface area contributed by atoms with E-state index in [0.717, 1.165) is 29.2 Å². The maximum Gasteiger partial charge on any atom is 0.290 e. The molecule has 0 radical (unpaired) electrons. The van der Waals surface area contributed by atoms with Gasteiger partial charge in [-0.15, -0.1) is 11.3 Å². The summed E-state index contributed by atoms with van der Waals surface area (Å²) in [6.45, 7) is 7.38. The van der Waals surface area contributed by atoms with Gasteiger partial charge in [0.1, 0.15) is 5.75 Å². The highest BCUT2D eigenvalue weighted by Gasteiger charge is 2.44. The van der Waals surface area contributed by atoms with Crippen LogP contribution in [0.5, 0.6) is 5.75 Å². The predicted molar refractivity (Wildman–Crippen MR) is 134 cm³/mol. The highest BCUT2D eigenvalue weighted by Crippen LogP contribution is 2.40. The van der Waals surface area contributed by atoms with Crippen molar-refractivity contribution < 1.29 is 19.4 Å². The van der Waals surface area contributed by atoms with Crippen LogP contribution in [0.15, 0.2) is 54.3 Å². The minimum Gasteiger partial charge on any atom is -0.503 e. The minimum atomic E-state index is -0.690. The van der Waals surface area contributed by atoms with Crippen molar-refractivity contribution in [1.82, 2.24) is 19.4 Å². The molecular weight excluding hydrogens is 464 g/mol. The fraction of sp³-hybridized carbons (Fsp3) is 0.385. The molecule has 1 N–H and O–H groups in total. The standard InChI is InChI=1S/C26H30N4O4S/c1-4-5-15-34-20-9-7-19(8-10-20)22-21(23(31)25-17(2)28-18(3)35-25)24(32)26(33)30(22)13-6-12-29-14-11-27-16-29/h7-11,14,16,22,32H,4-6,12-13,15H2,1-3H3. The van der Waals surface area contributed by atoms with Crippen molar-refractivity contribution in [2.24, 2.45) is 0 Å². The van der Waals surface area contributed by atoms with Crippen LogP contribution < -0.4 is 4.74 Å². The number of Topliss-reactive ketones (excluding diaryl/α,β-unsaturated/α-hetero) is 1. The number of aryl methyl sites for hydroxylation is 3. The number of hydrogen-bond acceptors (Lipinski definition) is 7. The van der Waals surface area contributed by atoms with Crippen molar-refractivity contribution in [2.45, 2.75) is 52.6 Å². The summed E-state index contributed by atoms with van der Waals surface area (Å²) < 4.78 is 7.71. The lowest BCUT2D eigenvalue weighted by Gasteiger charge is -2.27. The zero-order valence-corrected chi connectivity index (χ0v) is 21.0. The van der Waals surface area contributed by atoms with E-state index in [-0.39, 0.29) is 11.4 Å². The zero-order chi connectivity index (χ0) is 24.9. The Morgan fingerprint density at radius 3 is 2.57 bits per heavy atom. The second kappa shape index (κ2) is 10.9. The molecule has 1 atom stereocenters. The number of imidazole rings is 1. The molecular formula is C26H30N4O4S. The van der Waals surface area contributed by atoms with Gasteiger partial charge in [0.2, 0.25) is 5.78 Å². The predicted octanol–water partition coefficient (Wildman–Crippen LogP) is 4.80. The summed E-state index contributed by atoms with van der Waals surface area (Å²) in [4.78, 5) is 37.2. The van der Waals surface area contributed by atoms with E-state index in [1.165, 1.54) is 11.3 Å². The average Bonchev–Trinajstić information content (AvgIpc) is 3.54. The number of carbonyl (C=O) groups is 2. The van der Waals surface area contributed by atoms with E-state index in [1.54, 1.807) is 24.3 Å². The van der Waals surface area contributed by atoms with Crippen molar-refractivity contribution in [2.75, 3.05) is 13.2 Å². The van der Waals surface area contributed by atoms with Gasteiger partial charge in [0.15, 0.2) is 5.76 Å². The SMILES string of the molecule is CCCCOc1ccc(C2C(C(=O)c3sc(C)nc3C)=C(O)C(=O)N2CCCn2ccnc2)cc1. The third kappa shape index (κ3) is 5.30. The Labute approximate surface area is 208 Å². The maximum atomic E-state index is 13.6. The van der Waals surface area contributed by atoms with E-state index in [1.807, 2.05) is 42.0 Å². The van der Waals surface area contributed by atoms with Gasteiger partial charge in [0.05, 0.1) is 40.1 Å². The Morgan fingerprint density at radius 1 is 1.17 bits per heavy atom. The van der Waals surface area contributed by atoms with Crippen LogP contribution >= 0.6 is 11.3 Å². The Bertz CT molecular complexity index is 1210. The summed E-state index contributed by atoms with van der Waals surface area (Å²) >= 11 is 1.27. The molecule has 0 aliphatic carbocycles. The Balaban J connectivity index is 1.64. The lowest BCUT2D eigenvalue weighted by atomic mass is 9.95. The summed E-state index contributed by atoms with van der Waals surface area (Å²) in [5.74, 6) is -0.653. The molecule has 9 heteroatoms. The lowest BCUT2D eigenvalue weighted by molar-refractivity contribution is -0.129. The summed E-state index contributed by atoms with van der Waals surface area (Å²) in [5.41, 5.74) is 1.45. The van der Waals surface area contributed by atoms with E-state index < -0.39 is 17.7 Å². The summed E-state index contributed by atoms with van der Waals surface area (Å²) in [6.07, 6.45) is 7.94. The van der Waals surface area contributed by atoms with Crippen LogP contribution in [0, 0.1) is 13.8 Å². The fourth-order valence-electron chi connectivity index (χ4n) is 4.25. The first-order chi connectivity index (χ1) is 16.9. The van der Waals surface area contributed by atoms with Gasteiger partial charge in [0, 0.05) is 25.5 Å². The number of carbonyl (C=O) groups excluding carboxylic acids is 2. The molecule has 3 aromatic rings. The van der Waals surface area contributed by atoms with E-state index in [4.69, 9.17) is 4.74 Å². The monoisotopic (exact) mass is 494 g/mol. The molecule has 0 fully saturated rings. The van der Waals surface area contributed by atoms with Gasteiger partial charge in [0.25, 0.3) is 5.91 Å². The zero-order valence-electron chi connectivity index (χ0n) is 20.2. The topological polar surface area (TPSA) is 97.5 Å². The van der Waals surface area contributed by atoms with Gasteiger partial charge in [-0.3, -0.25) is 9.59 Å². The Morgan fingerprint density at radius 2 is 1.94 bits per heavy atom. The van der Waals surface area contributed by atoms with Gasteiger partial charge < -0.3 is 19.3 Å². The minimum absolute atomic E-state index is 0.101. The average molecular weight is 495 g/mol. The van der Waals surface area contributed by atoms with Gasteiger partial charge in [-0.05, 0) is 44.4 Å². The number of amides is 1. The molecule has 0 saturated carbocycles. The van der Waals surface area contributed by atoms with Gasteiger partial charge in [-0.2, -0.15) is 0 Å². The van der Waals surface area contributed by atoms with Crippen molar-refractivity contribution in [3.63, 3.8) is 0 Å². The number of aromatic nitrogens is 3. The number of aliphatic hydroxyl groups excluding tert-OH is 1. The van der Waals surface area contributed by atoms with E-state index in [0.29, 0.717) is 36.7 Å². The first-order valence-corrected chi connectivity index (χ1v) is 12.6. The summed E-state index contributed by atoms with van der Waals surface area (Å²) in [5, 5.41) is 11.6. The van der Waals surface area contributed by atoms with Gasteiger partial charge in [-0.1, -0.05) is 25.5 Å². The number of aliphatic hydroxyl groups is 1. The van der Waals surface area contributed by atoms with Crippen LogP contribution in [0.1, 0.15) is 58.2 Å². The van der Waals surface area contributed by atoms with Crippen LogP contribution in [-0.2, 0) is 11.3 Å². The molecule has 0 bridgehead atoms. The number of ketones is 1. The number of benzene rings is 1. The number of hydrogen-bond donors (Lipinski definition) is 1. The van der Waals surface area contributed by atoms with E-state index in [9.17, 15) is 14.7 Å². The molecule has 2 aromatic heterocycles. The highest BCUT2D eigenvalue weighted by molar-refractivity contribution is 7.14. The molecule has 3 heterocycles. The van der Waals surface area contributed by atoms with Crippen LogP contribution in [-0.4, -0.2) is 49.4 Å². The molecule has 184 valence electrons. The summed E-state index contributed by atoms with van der Waals surface area (Å²) in [6, 6.07) is 6.72. The molecule has 1 aliphatic rings. The Kier molecular flexibility index (Phi) is 7.65. The molecule has 0 saturated heterocycles. The third-order valence-corrected chi connectivity index (χ3v) is 7.07. The van der Waals surface area contributed by atoms with Crippen LogP contribution in [0.2, 0.25) is 0 Å². The van der Waals surface area contributed by atoms with Crippen molar-refractivity contribution in [3.05, 3.63) is 75.5 Å². The van der Waals surface area contributed by atoms with Crippen LogP contribution in [0.25, 0.3) is 0 Å². The maximum absolute atomic E-state index is 13.6. The molecule has 0 spiro atoms. The van der Waals surface area contributed by atoms with Gasteiger partial charge in [-0.25, -0.2) is 9.97 Å². The second-order valence-electron chi connectivity index (χ2n) is 8.57. The molecule has 1 aliphatic heterocycles. The van der Waals surface area contributed by atoms with Gasteiger partial charge >= 0.3 is 0 Å². The first kappa shape index (κ1) is 24.7. The molecule has 8 nitrogen and oxygen atoms in total. The largest absolute Gasteiger partial charge is 0.503 e. The fourth-order valence-corrected chi connectivity index (χ4v) is 5.12. The summed E-state index contributed by atoms with van der Waals surface area (Å²) in [7, 11) is 0. The smallest absolute Gasteiger partial charge is 0.290 e. The number of unbranched alkanes of at least 4 members (excludes halogenated alkanes) is 1. The van der Waals surface area contributed by atoms with E-state index in [2.05, 4.69) is 16.9 Å². The quantitative estimate of drug-likeness (QED) is 0.304. The number of ether oxygens (including phenoxy) is 1.